The number of hydrogen-bond donors (Lipinski definition) is 0. The summed E-state index contributed by atoms with van der Waals surface area (Å²) in [5, 5.41) is 4.13. The quantitative estimate of drug-likeness (QED) is 0.622. The Labute approximate surface area is 116 Å². The van der Waals surface area contributed by atoms with Crippen molar-refractivity contribution in [2.45, 2.75) is 17.6 Å². The molecule has 0 aliphatic heterocycles. The summed E-state index contributed by atoms with van der Waals surface area (Å²) in [6.45, 7) is 2.17. The number of benzene rings is 1. The van der Waals surface area contributed by atoms with E-state index in [9.17, 15) is 4.79 Å². The number of rotatable bonds is 5. The monoisotopic (exact) mass is 276 g/mol. The number of esters is 1. The van der Waals surface area contributed by atoms with Gasteiger partial charge in [0.15, 0.2) is 0 Å². The molecule has 0 bridgehead atoms. The van der Waals surface area contributed by atoms with Crippen LogP contribution < -0.4 is 0 Å². The molecular weight excluding hydrogens is 260 g/mol. The highest BCUT2D eigenvalue weighted by atomic mass is 32.2. The van der Waals surface area contributed by atoms with Gasteiger partial charge in [-0.3, -0.25) is 4.68 Å². The Morgan fingerprint density at radius 1 is 1.37 bits per heavy atom. The second-order valence-electron chi connectivity index (χ2n) is 3.95. The Kier molecular flexibility index (Phi) is 4.63. The van der Waals surface area contributed by atoms with Gasteiger partial charge in [0.2, 0.25) is 0 Å². The van der Waals surface area contributed by atoms with Crippen molar-refractivity contribution < 1.29 is 9.53 Å². The molecule has 19 heavy (non-hydrogen) atoms. The lowest BCUT2D eigenvalue weighted by molar-refractivity contribution is 0.0525. The standard InChI is InChI=1S/C14H16N2O2S/c1-3-18-14(17)12-9-15-16(2)13(12)10-19-11-7-5-4-6-8-11/h4-9H,3,10H2,1-2H3. The number of carbonyl (C=O) groups excluding carboxylic acids is 1. The second kappa shape index (κ2) is 6.43. The predicted octanol–water partition coefficient (Wildman–Crippen LogP) is 2.89. The van der Waals surface area contributed by atoms with Gasteiger partial charge < -0.3 is 4.74 Å². The zero-order valence-electron chi connectivity index (χ0n) is 11.0. The zero-order chi connectivity index (χ0) is 13.7. The second-order valence-corrected chi connectivity index (χ2v) is 5.00. The van der Waals surface area contributed by atoms with Gasteiger partial charge in [0.1, 0.15) is 5.56 Å². The summed E-state index contributed by atoms with van der Waals surface area (Å²) in [4.78, 5) is 13.0. The summed E-state index contributed by atoms with van der Waals surface area (Å²) in [7, 11) is 1.84. The van der Waals surface area contributed by atoms with Crippen LogP contribution in [0.25, 0.3) is 0 Å². The summed E-state index contributed by atoms with van der Waals surface area (Å²) in [5.74, 6) is 0.383. The first kappa shape index (κ1) is 13.7. The Morgan fingerprint density at radius 3 is 2.79 bits per heavy atom. The average Bonchev–Trinajstić information content (AvgIpc) is 2.79. The average molecular weight is 276 g/mol. The Hall–Kier alpha value is -1.75. The van der Waals surface area contributed by atoms with Gasteiger partial charge in [-0.1, -0.05) is 18.2 Å². The van der Waals surface area contributed by atoms with Crippen LogP contribution in [0.2, 0.25) is 0 Å². The van der Waals surface area contributed by atoms with Gasteiger partial charge in [-0.15, -0.1) is 11.8 Å². The van der Waals surface area contributed by atoms with Crippen molar-refractivity contribution >= 4 is 17.7 Å². The molecule has 0 amide bonds. The highest BCUT2D eigenvalue weighted by Crippen LogP contribution is 2.24. The third-order valence-corrected chi connectivity index (χ3v) is 3.70. The van der Waals surface area contributed by atoms with Crippen molar-refractivity contribution in [3.63, 3.8) is 0 Å². The predicted molar refractivity (Wildman–Crippen MR) is 75.2 cm³/mol. The number of aromatic nitrogens is 2. The fraction of sp³-hybridized carbons (Fsp3) is 0.286. The van der Waals surface area contributed by atoms with E-state index in [1.165, 1.54) is 4.90 Å². The fourth-order valence-electron chi connectivity index (χ4n) is 1.68. The summed E-state index contributed by atoms with van der Waals surface area (Å²) < 4.78 is 6.76. The van der Waals surface area contributed by atoms with Crippen molar-refractivity contribution in [3.8, 4) is 0 Å². The van der Waals surface area contributed by atoms with Gasteiger partial charge >= 0.3 is 5.97 Å². The van der Waals surface area contributed by atoms with Gasteiger partial charge in [-0.25, -0.2) is 4.79 Å². The highest BCUT2D eigenvalue weighted by Gasteiger charge is 2.17. The van der Waals surface area contributed by atoms with Crippen LogP contribution in [-0.2, 0) is 17.5 Å². The van der Waals surface area contributed by atoms with Crippen LogP contribution in [0, 0.1) is 0 Å². The Morgan fingerprint density at radius 2 is 2.11 bits per heavy atom. The molecule has 2 aromatic rings. The minimum atomic E-state index is -0.306. The van der Waals surface area contributed by atoms with E-state index in [0.717, 1.165) is 5.69 Å². The number of thioether (sulfide) groups is 1. The van der Waals surface area contributed by atoms with E-state index in [0.29, 0.717) is 17.9 Å². The molecule has 0 unspecified atom stereocenters. The van der Waals surface area contributed by atoms with Gasteiger partial charge in [0, 0.05) is 17.7 Å². The highest BCUT2D eigenvalue weighted by molar-refractivity contribution is 7.98. The topological polar surface area (TPSA) is 44.1 Å². The molecule has 0 saturated carbocycles. The number of hydrogen-bond acceptors (Lipinski definition) is 4. The summed E-state index contributed by atoms with van der Waals surface area (Å²) in [6, 6.07) is 10.1. The number of ether oxygens (including phenoxy) is 1. The molecular formula is C14H16N2O2S. The Bertz CT molecular complexity index is 552. The molecule has 2 rings (SSSR count). The van der Waals surface area contributed by atoms with Crippen molar-refractivity contribution in [3.05, 3.63) is 47.8 Å². The molecule has 0 aliphatic rings. The minimum Gasteiger partial charge on any atom is -0.462 e. The van der Waals surface area contributed by atoms with Gasteiger partial charge in [-0.05, 0) is 19.1 Å². The molecule has 0 N–H and O–H groups in total. The lowest BCUT2D eigenvalue weighted by Gasteiger charge is -2.06. The first-order valence-electron chi connectivity index (χ1n) is 6.08. The SMILES string of the molecule is CCOC(=O)c1cnn(C)c1CSc1ccccc1. The molecule has 0 saturated heterocycles. The van der Waals surface area contributed by atoms with Crippen LogP contribution in [0.4, 0.5) is 0 Å². The van der Waals surface area contributed by atoms with Crippen LogP contribution >= 0.6 is 11.8 Å². The van der Waals surface area contributed by atoms with E-state index >= 15 is 0 Å². The molecule has 1 aromatic heterocycles. The maximum atomic E-state index is 11.8. The third kappa shape index (κ3) is 3.38. The van der Waals surface area contributed by atoms with E-state index in [-0.39, 0.29) is 5.97 Å². The maximum absolute atomic E-state index is 11.8. The van der Waals surface area contributed by atoms with Crippen LogP contribution in [0.5, 0.6) is 0 Å². The van der Waals surface area contributed by atoms with Crippen molar-refractivity contribution in [1.82, 2.24) is 9.78 Å². The zero-order valence-corrected chi connectivity index (χ0v) is 11.8. The molecule has 4 nitrogen and oxygen atoms in total. The van der Waals surface area contributed by atoms with Crippen molar-refractivity contribution in [2.24, 2.45) is 7.05 Å². The fourth-order valence-corrected chi connectivity index (χ4v) is 2.68. The van der Waals surface area contributed by atoms with Crippen LogP contribution in [0.3, 0.4) is 0 Å². The molecule has 1 heterocycles. The minimum absolute atomic E-state index is 0.306. The molecule has 5 heteroatoms. The van der Waals surface area contributed by atoms with Crippen molar-refractivity contribution in [1.29, 1.82) is 0 Å². The van der Waals surface area contributed by atoms with Crippen LogP contribution in [0.1, 0.15) is 23.0 Å². The third-order valence-electron chi connectivity index (χ3n) is 2.68. The van der Waals surface area contributed by atoms with Crippen LogP contribution in [-0.4, -0.2) is 22.4 Å². The van der Waals surface area contributed by atoms with E-state index in [1.807, 2.05) is 37.4 Å². The largest absolute Gasteiger partial charge is 0.462 e. The molecule has 0 radical (unpaired) electrons. The first-order chi connectivity index (χ1) is 9.22. The number of aryl methyl sites for hydroxylation is 1. The number of carbonyl (C=O) groups is 1. The summed E-state index contributed by atoms with van der Waals surface area (Å²) >= 11 is 1.67. The molecule has 100 valence electrons. The lowest BCUT2D eigenvalue weighted by atomic mass is 10.3. The summed E-state index contributed by atoms with van der Waals surface area (Å²) in [6.07, 6.45) is 1.57. The molecule has 0 aliphatic carbocycles. The van der Waals surface area contributed by atoms with E-state index in [2.05, 4.69) is 5.10 Å². The van der Waals surface area contributed by atoms with Crippen LogP contribution in [0.15, 0.2) is 41.4 Å². The van der Waals surface area contributed by atoms with Gasteiger partial charge in [0.05, 0.1) is 18.5 Å². The molecule has 0 fully saturated rings. The van der Waals surface area contributed by atoms with E-state index in [4.69, 9.17) is 4.74 Å². The lowest BCUT2D eigenvalue weighted by Crippen LogP contribution is -2.08. The number of nitrogens with zero attached hydrogens (tertiary/aromatic N) is 2. The van der Waals surface area contributed by atoms with Crippen molar-refractivity contribution in [2.75, 3.05) is 6.61 Å². The molecule has 0 spiro atoms. The summed E-state index contributed by atoms with van der Waals surface area (Å²) in [5.41, 5.74) is 1.43. The molecule has 0 atom stereocenters. The maximum Gasteiger partial charge on any atom is 0.341 e. The normalized spacial score (nSPS) is 10.4. The molecule has 1 aromatic carbocycles. The van der Waals surface area contributed by atoms with E-state index < -0.39 is 0 Å². The van der Waals surface area contributed by atoms with Gasteiger partial charge in [-0.2, -0.15) is 5.10 Å². The Balaban J connectivity index is 2.11. The van der Waals surface area contributed by atoms with E-state index in [1.54, 1.807) is 29.6 Å². The first-order valence-corrected chi connectivity index (χ1v) is 7.06. The smallest absolute Gasteiger partial charge is 0.341 e. The van der Waals surface area contributed by atoms with Gasteiger partial charge in [0.25, 0.3) is 0 Å².